The van der Waals surface area contributed by atoms with Crippen molar-refractivity contribution >= 4 is 41.0 Å². The Balaban J connectivity index is 1.20. The first kappa shape index (κ1) is 25.6. The van der Waals surface area contributed by atoms with Crippen LogP contribution in [0.2, 0.25) is 0 Å². The number of fused-ring (bicyclic) bond motifs is 1. The molecule has 0 spiro atoms. The molecule has 2 atom stereocenters. The smallest absolute Gasteiger partial charge is 0.413 e. The lowest BCUT2D eigenvalue weighted by molar-refractivity contribution is 0.0661. The van der Waals surface area contributed by atoms with Crippen LogP contribution in [-0.2, 0) is 4.74 Å². The lowest BCUT2D eigenvalue weighted by Gasteiger charge is -2.39. The van der Waals surface area contributed by atoms with Crippen molar-refractivity contribution in [2.45, 2.75) is 37.6 Å². The second kappa shape index (κ2) is 11.2. The van der Waals surface area contributed by atoms with Crippen LogP contribution < -0.4 is 15.5 Å². The Morgan fingerprint density at radius 2 is 1.89 bits per heavy atom. The fraction of sp³-hybridized carbons (Fsp3) is 0.480. The minimum Gasteiger partial charge on any atom is -0.446 e. The van der Waals surface area contributed by atoms with Gasteiger partial charge in [0.15, 0.2) is 5.58 Å². The Morgan fingerprint density at radius 1 is 1.11 bits per heavy atom. The zero-order valence-electron chi connectivity index (χ0n) is 21.3. The average molecular weight is 527 g/mol. The number of carbonyl (C=O) groups is 2. The molecule has 1 aromatic carbocycles. The zero-order chi connectivity index (χ0) is 26.6. The maximum absolute atomic E-state index is 14.9. The van der Waals surface area contributed by atoms with Crippen molar-refractivity contribution in [1.29, 1.82) is 0 Å². The molecule has 2 aromatic heterocycles. The Bertz CT molecular complexity index is 1250. The second-order valence-corrected chi connectivity index (χ2v) is 9.62. The molecule has 2 aliphatic heterocycles. The van der Waals surface area contributed by atoms with Gasteiger partial charge in [-0.2, -0.15) is 9.97 Å². The number of rotatable bonds is 5. The second-order valence-electron chi connectivity index (χ2n) is 9.62. The molecule has 0 radical (unpaired) electrons. The molecule has 3 amide bonds. The van der Waals surface area contributed by atoms with Crippen LogP contribution in [0.25, 0.3) is 11.1 Å². The number of oxazole rings is 1. The van der Waals surface area contributed by atoms with E-state index in [2.05, 4.69) is 30.5 Å². The molecule has 4 heterocycles. The van der Waals surface area contributed by atoms with Crippen LogP contribution in [0.5, 0.6) is 0 Å². The average Bonchev–Trinajstić information content (AvgIpc) is 3.32. The first-order valence-electron chi connectivity index (χ1n) is 12.6. The van der Waals surface area contributed by atoms with E-state index < -0.39 is 24.3 Å². The molecule has 12 nitrogen and oxygen atoms in total. The van der Waals surface area contributed by atoms with Crippen LogP contribution in [-0.4, -0.2) is 95.5 Å². The molecule has 13 heteroatoms. The number of ether oxygens (including phenoxy) is 1. The molecule has 3 aromatic rings. The topological polar surface area (TPSA) is 129 Å². The summed E-state index contributed by atoms with van der Waals surface area (Å²) in [6.45, 7) is 2.29. The van der Waals surface area contributed by atoms with E-state index in [4.69, 9.17) is 9.15 Å². The summed E-state index contributed by atoms with van der Waals surface area (Å²) in [6, 6.07) is 7.45. The number of halogens is 1. The number of amides is 3. The summed E-state index contributed by atoms with van der Waals surface area (Å²) >= 11 is 0. The van der Waals surface area contributed by atoms with Crippen molar-refractivity contribution in [2.75, 3.05) is 55.8 Å². The van der Waals surface area contributed by atoms with Crippen molar-refractivity contribution < 1.29 is 23.1 Å². The van der Waals surface area contributed by atoms with Gasteiger partial charge in [-0.3, -0.25) is 10.6 Å². The van der Waals surface area contributed by atoms with Crippen LogP contribution in [0.4, 0.5) is 31.8 Å². The molecular weight excluding hydrogens is 495 g/mol. The highest BCUT2D eigenvalue weighted by atomic mass is 19.1. The van der Waals surface area contributed by atoms with Gasteiger partial charge in [-0.05, 0) is 44.5 Å². The molecule has 2 saturated heterocycles. The number of likely N-dealkylation sites (tertiary alicyclic amines) is 1. The van der Waals surface area contributed by atoms with E-state index in [1.165, 1.54) is 18.1 Å². The van der Waals surface area contributed by atoms with Crippen LogP contribution >= 0.6 is 0 Å². The number of hydrogen-bond acceptors (Lipinski definition) is 9. The van der Waals surface area contributed by atoms with Crippen molar-refractivity contribution in [1.82, 2.24) is 24.8 Å². The number of anilines is 3. The van der Waals surface area contributed by atoms with E-state index in [9.17, 15) is 14.0 Å². The zero-order valence-corrected chi connectivity index (χ0v) is 21.3. The van der Waals surface area contributed by atoms with Gasteiger partial charge in [-0.1, -0.05) is 12.1 Å². The van der Waals surface area contributed by atoms with Crippen LogP contribution in [0, 0.1) is 0 Å². The number of carbonyl (C=O) groups excluding carboxylic acids is 2. The van der Waals surface area contributed by atoms with Gasteiger partial charge in [0.25, 0.3) is 0 Å². The molecule has 0 aliphatic carbocycles. The van der Waals surface area contributed by atoms with Gasteiger partial charge in [-0.15, -0.1) is 0 Å². The van der Waals surface area contributed by atoms with E-state index in [-0.39, 0.29) is 30.9 Å². The highest BCUT2D eigenvalue weighted by Gasteiger charge is 2.35. The maximum Gasteiger partial charge on any atom is 0.413 e. The van der Waals surface area contributed by atoms with Crippen molar-refractivity contribution in [3.63, 3.8) is 0 Å². The first-order valence-corrected chi connectivity index (χ1v) is 12.6. The number of para-hydroxylation sites is 2. The summed E-state index contributed by atoms with van der Waals surface area (Å²) in [5.74, 6) is 0.612. The molecule has 38 heavy (non-hydrogen) atoms. The lowest BCUT2D eigenvalue weighted by atomic mass is 10.0. The Labute approximate surface area is 219 Å². The third-order valence-electron chi connectivity index (χ3n) is 6.92. The van der Waals surface area contributed by atoms with E-state index >= 15 is 0 Å². The SMILES string of the molecule is CN1CCC(OC(=O)Nc2ccnc(N3CCC(F)C(N(C)C(=O)Nc4nc5ccccc5o4)C3)n2)CC1. The Morgan fingerprint density at radius 3 is 2.68 bits per heavy atom. The monoisotopic (exact) mass is 526 g/mol. The Kier molecular flexibility index (Phi) is 7.54. The summed E-state index contributed by atoms with van der Waals surface area (Å²) in [6.07, 6.45) is 1.33. The largest absolute Gasteiger partial charge is 0.446 e. The van der Waals surface area contributed by atoms with Crippen molar-refractivity contribution in [3.05, 3.63) is 36.5 Å². The molecule has 2 unspecified atom stereocenters. The predicted octanol–water partition coefficient (Wildman–Crippen LogP) is 3.34. The number of aromatic nitrogens is 3. The van der Waals surface area contributed by atoms with Gasteiger partial charge in [0.1, 0.15) is 23.6 Å². The minimum absolute atomic E-state index is 0.0420. The molecule has 2 fully saturated rings. The molecule has 2 N–H and O–H groups in total. The number of nitrogens with zero attached hydrogens (tertiary/aromatic N) is 6. The van der Waals surface area contributed by atoms with Crippen LogP contribution in [0.3, 0.4) is 0 Å². The van der Waals surface area contributed by atoms with Gasteiger partial charge in [0, 0.05) is 39.4 Å². The standard InChI is InChI=1S/C25H31FN8O4/c1-32-12-8-16(9-13-32)37-25(36)30-21-7-11-27-22(29-21)34-14-10-17(26)19(15-34)33(2)24(35)31-23-28-18-5-3-4-6-20(18)38-23/h3-7,11,16-17,19H,8-10,12-15H2,1-2H3,(H,28,31,35)(H,27,29,30,36). The summed E-state index contributed by atoms with van der Waals surface area (Å²) in [4.78, 5) is 43.5. The number of likely N-dealkylation sites (N-methyl/N-ethyl adjacent to an activating group) is 1. The van der Waals surface area contributed by atoms with E-state index in [0.29, 0.717) is 23.6 Å². The third kappa shape index (κ3) is 5.93. The quantitative estimate of drug-likeness (QED) is 0.514. The van der Waals surface area contributed by atoms with Gasteiger partial charge in [0.05, 0.1) is 6.04 Å². The fourth-order valence-corrected chi connectivity index (χ4v) is 4.66. The first-order chi connectivity index (χ1) is 18.4. The summed E-state index contributed by atoms with van der Waals surface area (Å²) in [7, 11) is 3.56. The number of piperidine rings is 2. The van der Waals surface area contributed by atoms with Gasteiger partial charge < -0.3 is 23.9 Å². The van der Waals surface area contributed by atoms with Gasteiger partial charge in [0.2, 0.25) is 5.95 Å². The predicted molar refractivity (Wildman–Crippen MR) is 139 cm³/mol. The molecule has 5 rings (SSSR count). The number of hydrogen-bond donors (Lipinski definition) is 2. The number of urea groups is 1. The number of benzene rings is 1. The van der Waals surface area contributed by atoms with Crippen LogP contribution in [0.1, 0.15) is 19.3 Å². The highest BCUT2D eigenvalue weighted by Crippen LogP contribution is 2.24. The van der Waals surface area contributed by atoms with Crippen LogP contribution in [0.15, 0.2) is 40.9 Å². The number of alkyl halides is 1. The highest BCUT2D eigenvalue weighted by molar-refractivity contribution is 5.89. The lowest BCUT2D eigenvalue weighted by Crippen LogP contribution is -2.55. The van der Waals surface area contributed by atoms with Crippen molar-refractivity contribution in [2.24, 2.45) is 0 Å². The Hall–Kier alpha value is -4.00. The summed E-state index contributed by atoms with van der Waals surface area (Å²) in [5, 5.41) is 5.26. The molecule has 0 saturated carbocycles. The minimum atomic E-state index is -1.24. The normalized spacial score (nSPS) is 20.8. The molecule has 0 bridgehead atoms. The maximum atomic E-state index is 14.9. The third-order valence-corrected chi connectivity index (χ3v) is 6.92. The number of nitrogens with one attached hydrogen (secondary N) is 2. The van der Waals surface area contributed by atoms with Crippen molar-refractivity contribution in [3.8, 4) is 0 Å². The summed E-state index contributed by atoms with van der Waals surface area (Å²) in [5.41, 5.74) is 1.15. The summed E-state index contributed by atoms with van der Waals surface area (Å²) < 4.78 is 26.0. The van der Waals surface area contributed by atoms with Gasteiger partial charge >= 0.3 is 18.1 Å². The molecular formula is C25H31FN8O4. The molecule has 202 valence electrons. The fourth-order valence-electron chi connectivity index (χ4n) is 4.66. The van der Waals surface area contributed by atoms with E-state index in [0.717, 1.165) is 25.9 Å². The van der Waals surface area contributed by atoms with Gasteiger partial charge in [-0.25, -0.2) is 19.0 Å². The molecule has 2 aliphatic rings. The van der Waals surface area contributed by atoms with E-state index in [1.54, 1.807) is 29.2 Å². The van der Waals surface area contributed by atoms with E-state index in [1.807, 2.05) is 13.1 Å².